The molecule has 0 fully saturated rings. The molecule has 2 rings (SSSR count). The lowest BCUT2D eigenvalue weighted by Crippen LogP contribution is -2.43. The molecular weight excluding hydrogens is 223 g/mol. The van der Waals surface area contributed by atoms with Crippen molar-refractivity contribution in [2.45, 2.75) is 0 Å². The number of hydrogen-bond acceptors (Lipinski definition) is 5. The number of ether oxygens (including phenoxy) is 1. The number of hydrogen-bond donors (Lipinski definition) is 0. The summed E-state index contributed by atoms with van der Waals surface area (Å²) in [5.74, 6) is -2.23. The fourth-order valence-electron chi connectivity index (χ4n) is 1.58. The molecule has 0 amide bonds. The molecule has 0 saturated heterocycles. The lowest BCUT2D eigenvalue weighted by molar-refractivity contribution is -0.383. The van der Waals surface area contributed by atoms with Gasteiger partial charge in [-0.15, -0.1) is 5.46 Å². The number of rotatable bonds is 1. The van der Waals surface area contributed by atoms with Gasteiger partial charge < -0.3 is 4.74 Å². The number of fused-ring (bicyclic) bond motifs is 1. The van der Waals surface area contributed by atoms with Crippen molar-refractivity contribution in [3.05, 3.63) is 21.2 Å². The largest absolute Gasteiger partial charge is 0.385 e. The van der Waals surface area contributed by atoms with Crippen LogP contribution in [0, 0.1) is 10.1 Å². The van der Waals surface area contributed by atoms with Gasteiger partial charge >= 0.3 is 11.9 Å². The number of cyclic esters (lactones) is 2. The van der Waals surface area contributed by atoms with Gasteiger partial charge in [-0.1, -0.05) is 5.46 Å². The average molecular weight is 223 g/mol. The first-order chi connectivity index (χ1) is 7.86. The van der Waals surface area contributed by atoms with Gasteiger partial charge in [-0.3, -0.25) is 10.1 Å². The SMILES string of the molecule is [B]c1c([B])c2c(c([N+](=O)[O-])c1[B])C(=O)OC2=O. The van der Waals surface area contributed by atoms with E-state index in [1.165, 1.54) is 0 Å². The van der Waals surface area contributed by atoms with Crippen molar-refractivity contribution in [2.75, 3.05) is 0 Å². The first-order valence-electron chi connectivity index (χ1n) is 4.27. The molecule has 0 N–H and O–H groups in total. The van der Waals surface area contributed by atoms with Gasteiger partial charge in [0.15, 0.2) is 5.56 Å². The molecule has 6 radical (unpaired) electrons. The van der Waals surface area contributed by atoms with Gasteiger partial charge in [-0.05, 0) is 5.46 Å². The van der Waals surface area contributed by atoms with Gasteiger partial charge in [0, 0.05) is 0 Å². The minimum atomic E-state index is -1.16. The topological polar surface area (TPSA) is 86.5 Å². The molecule has 9 heteroatoms. The number of nitro benzene ring substituents is 1. The molecule has 6 nitrogen and oxygen atoms in total. The number of benzene rings is 1. The first kappa shape index (κ1) is 11.4. The molecule has 1 aliphatic rings. The average Bonchev–Trinajstić information content (AvgIpc) is 2.51. The summed E-state index contributed by atoms with van der Waals surface area (Å²) in [6, 6.07) is 0. The van der Waals surface area contributed by atoms with Crippen LogP contribution in [0.4, 0.5) is 5.69 Å². The number of nitrogens with zero attached hydrogens (tertiary/aromatic N) is 1. The summed E-state index contributed by atoms with van der Waals surface area (Å²) < 4.78 is 4.24. The molecule has 1 aromatic rings. The predicted octanol–water partition coefficient (Wildman–Crippen LogP) is -2.71. The molecule has 0 aliphatic carbocycles. The maximum atomic E-state index is 11.3. The van der Waals surface area contributed by atoms with E-state index in [-0.39, 0.29) is 10.9 Å². The second kappa shape index (κ2) is 3.48. The van der Waals surface area contributed by atoms with Crippen LogP contribution in [-0.4, -0.2) is 40.4 Å². The van der Waals surface area contributed by atoms with Crippen molar-refractivity contribution in [1.82, 2.24) is 0 Å². The summed E-state index contributed by atoms with van der Waals surface area (Å²) in [5, 5.41) is 10.8. The van der Waals surface area contributed by atoms with Gasteiger partial charge in [0.1, 0.15) is 23.5 Å². The summed E-state index contributed by atoms with van der Waals surface area (Å²) in [7, 11) is 16.3. The minimum Gasteiger partial charge on any atom is -0.385 e. The zero-order valence-corrected chi connectivity index (χ0v) is 8.22. The normalized spacial score (nSPS) is 13.4. The highest BCUT2D eigenvalue weighted by atomic mass is 16.6. The fourth-order valence-corrected chi connectivity index (χ4v) is 1.58. The van der Waals surface area contributed by atoms with E-state index in [4.69, 9.17) is 23.5 Å². The van der Waals surface area contributed by atoms with E-state index < -0.39 is 39.1 Å². The Bertz CT molecular complexity index is 598. The molecule has 1 aromatic carbocycles. The first-order valence-corrected chi connectivity index (χ1v) is 4.27. The van der Waals surface area contributed by atoms with Crippen molar-refractivity contribution in [3.8, 4) is 0 Å². The third-order valence-corrected chi connectivity index (χ3v) is 2.37. The van der Waals surface area contributed by atoms with Gasteiger partial charge in [0.25, 0.3) is 5.69 Å². The fraction of sp³-hybridized carbons (Fsp3) is 0. The summed E-state index contributed by atoms with van der Waals surface area (Å²) in [6.07, 6.45) is 0. The van der Waals surface area contributed by atoms with E-state index in [0.717, 1.165) is 0 Å². The number of carbonyl (C=O) groups is 2. The maximum Gasteiger partial charge on any atom is 0.353 e. The Morgan fingerprint density at radius 1 is 0.941 bits per heavy atom. The van der Waals surface area contributed by atoms with Gasteiger partial charge in [-0.2, -0.15) is 0 Å². The van der Waals surface area contributed by atoms with Crippen LogP contribution in [0.3, 0.4) is 0 Å². The van der Waals surface area contributed by atoms with E-state index >= 15 is 0 Å². The van der Waals surface area contributed by atoms with Gasteiger partial charge in [0.05, 0.1) is 10.5 Å². The van der Waals surface area contributed by atoms with Crippen LogP contribution >= 0.6 is 0 Å². The molecule has 0 spiro atoms. The van der Waals surface area contributed by atoms with Crippen LogP contribution in [0.5, 0.6) is 0 Å². The second-order valence-corrected chi connectivity index (χ2v) is 3.27. The Morgan fingerprint density at radius 3 is 2.00 bits per heavy atom. The van der Waals surface area contributed by atoms with Crippen LogP contribution in [0.1, 0.15) is 20.7 Å². The van der Waals surface area contributed by atoms with Gasteiger partial charge in [0.2, 0.25) is 0 Å². The molecular formula is C8B3NO5. The third-order valence-electron chi connectivity index (χ3n) is 2.37. The molecule has 17 heavy (non-hydrogen) atoms. The van der Waals surface area contributed by atoms with Crippen LogP contribution in [0.15, 0.2) is 0 Å². The quantitative estimate of drug-likeness (QED) is 0.170. The van der Waals surface area contributed by atoms with E-state index in [1.54, 1.807) is 0 Å². The lowest BCUT2D eigenvalue weighted by atomic mass is 9.68. The number of carbonyl (C=O) groups excluding carboxylic acids is 2. The molecule has 1 heterocycles. The Morgan fingerprint density at radius 2 is 1.47 bits per heavy atom. The van der Waals surface area contributed by atoms with Crippen molar-refractivity contribution in [2.24, 2.45) is 0 Å². The molecule has 0 bridgehead atoms. The third kappa shape index (κ3) is 1.38. The number of esters is 2. The summed E-state index contributed by atoms with van der Waals surface area (Å²) >= 11 is 0. The standard InChI is InChI=1S/C8B3NO5/c9-3-1-2(8(14)17-7(1)13)6(12(15)16)5(11)4(3)10. The molecule has 0 atom stereocenters. The predicted molar refractivity (Wildman–Crippen MR) is 59.0 cm³/mol. The lowest BCUT2D eigenvalue weighted by Gasteiger charge is -2.10. The molecule has 76 valence electrons. The van der Waals surface area contributed by atoms with Crippen LogP contribution in [0.25, 0.3) is 0 Å². The highest BCUT2D eigenvalue weighted by Crippen LogP contribution is 2.25. The van der Waals surface area contributed by atoms with Crippen LogP contribution in [-0.2, 0) is 4.74 Å². The summed E-state index contributed by atoms with van der Waals surface area (Å²) in [6.45, 7) is 0. The van der Waals surface area contributed by atoms with Crippen molar-refractivity contribution < 1.29 is 19.2 Å². The maximum absolute atomic E-state index is 11.3. The summed E-state index contributed by atoms with van der Waals surface area (Å²) in [4.78, 5) is 32.5. The highest BCUT2D eigenvalue weighted by Gasteiger charge is 2.40. The molecule has 0 unspecified atom stereocenters. The van der Waals surface area contributed by atoms with Gasteiger partial charge in [-0.25, -0.2) is 9.59 Å². The summed E-state index contributed by atoms with van der Waals surface area (Å²) in [5.41, 5.74) is -2.79. The van der Waals surface area contributed by atoms with E-state index in [2.05, 4.69) is 4.74 Å². The second-order valence-electron chi connectivity index (χ2n) is 3.27. The minimum absolute atomic E-state index is 0.293. The van der Waals surface area contributed by atoms with E-state index in [1.807, 2.05) is 0 Å². The molecule has 1 aliphatic heterocycles. The smallest absolute Gasteiger partial charge is 0.353 e. The van der Waals surface area contributed by atoms with Crippen molar-refractivity contribution in [1.29, 1.82) is 0 Å². The van der Waals surface area contributed by atoms with E-state index in [0.29, 0.717) is 0 Å². The Labute approximate surface area is 98.7 Å². The highest BCUT2D eigenvalue weighted by molar-refractivity contribution is 6.60. The Kier molecular flexibility index (Phi) is 2.34. The zero-order chi connectivity index (χ0) is 12.9. The Hall–Kier alpha value is -2.05. The van der Waals surface area contributed by atoms with Crippen LogP contribution < -0.4 is 16.4 Å². The molecule has 0 saturated carbocycles. The van der Waals surface area contributed by atoms with Crippen LogP contribution in [0.2, 0.25) is 0 Å². The number of nitro groups is 1. The van der Waals surface area contributed by atoms with Crippen molar-refractivity contribution >= 4 is 57.6 Å². The Balaban J connectivity index is 2.97. The van der Waals surface area contributed by atoms with Crippen molar-refractivity contribution in [3.63, 3.8) is 0 Å². The van der Waals surface area contributed by atoms with E-state index in [9.17, 15) is 19.7 Å². The molecule has 0 aromatic heterocycles. The monoisotopic (exact) mass is 223 g/mol. The zero-order valence-electron chi connectivity index (χ0n) is 8.22.